The van der Waals surface area contributed by atoms with Crippen LogP contribution in [0.5, 0.6) is 0 Å². The van der Waals surface area contributed by atoms with Crippen LogP contribution in [-0.2, 0) is 18.6 Å². The molecule has 1 atom stereocenters. The molecule has 27 heavy (non-hydrogen) atoms. The van der Waals surface area contributed by atoms with E-state index in [9.17, 15) is 14.4 Å². The van der Waals surface area contributed by atoms with Gasteiger partial charge in [0, 0.05) is 0 Å². The summed E-state index contributed by atoms with van der Waals surface area (Å²) in [6, 6.07) is -0.569. The van der Waals surface area contributed by atoms with Crippen molar-refractivity contribution >= 4 is 30.5 Å². The second kappa shape index (κ2) is 15.9. The van der Waals surface area contributed by atoms with Crippen LogP contribution in [0.2, 0.25) is 0 Å². The van der Waals surface area contributed by atoms with E-state index in [4.69, 9.17) is 0 Å². The van der Waals surface area contributed by atoms with Crippen molar-refractivity contribution in [2.75, 3.05) is 13.7 Å². The minimum atomic E-state index is -1.09. The lowest BCUT2D eigenvalue weighted by atomic mass is 9.98. The summed E-state index contributed by atoms with van der Waals surface area (Å²) in [6.07, 6.45) is 2.30. The highest BCUT2D eigenvalue weighted by Gasteiger charge is 2.35. The summed E-state index contributed by atoms with van der Waals surface area (Å²) in [5.74, 6) is -0.813. The number of hydrogen-bond donors (Lipinski definition) is 4. The Bertz CT molecular complexity index is 437. The van der Waals surface area contributed by atoms with Crippen molar-refractivity contribution in [3.63, 3.8) is 0 Å². The van der Waals surface area contributed by atoms with Crippen molar-refractivity contribution in [2.45, 2.75) is 92.3 Å². The topological polar surface area (TPSA) is 96.5 Å². The van der Waals surface area contributed by atoms with Gasteiger partial charge in [0.15, 0.2) is 5.78 Å². The van der Waals surface area contributed by atoms with E-state index in [-0.39, 0.29) is 11.7 Å². The molecule has 3 N–H and O–H groups in total. The number of carbonyl (C=O) groups excluding carboxylic acids is 3. The lowest BCUT2D eigenvalue weighted by Gasteiger charge is -2.31. The molecule has 0 aromatic rings. The van der Waals surface area contributed by atoms with Crippen LogP contribution in [0, 0.1) is 0 Å². The fourth-order valence-corrected chi connectivity index (χ4v) is 1.43. The molecule has 8 heteroatoms. The van der Waals surface area contributed by atoms with Gasteiger partial charge in [0.05, 0.1) is 18.2 Å². The zero-order valence-electron chi connectivity index (χ0n) is 18.8. The molecule has 0 aliphatic carbocycles. The summed E-state index contributed by atoms with van der Waals surface area (Å²) in [7, 11) is 1.67. The molecule has 0 aliphatic heterocycles. The molecule has 0 bridgehead atoms. The lowest BCUT2D eigenvalue weighted by molar-refractivity contribution is -0.136. The van der Waals surface area contributed by atoms with E-state index in [1.165, 1.54) is 13.3 Å². The minimum absolute atomic E-state index is 0.133. The van der Waals surface area contributed by atoms with Crippen molar-refractivity contribution in [3.8, 4) is 0 Å². The largest absolute Gasteiger partial charge is 0.345 e. The van der Waals surface area contributed by atoms with E-state index in [0.29, 0.717) is 0 Å². The molecule has 7 nitrogen and oxygen atoms in total. The molecule has 2 amide bonds. The monoisotopic (exact) mass is 407 g/mol. The van der Waals surface area contributed by atoms with Gasteiger partial charge in [-0.1, -0.05) is 27.2 Å². The summed E-state index contributed by atoms with van der Waals surface area (Å²) in [5, 5.41) is 8.10. The molecule has 0 fully saturated rings. The van der Waals surface area contributed by atoms with Gasteiger partial charge in [-0.05, 0) is 67.9 Å². The van der Waals surface area contributed by atoms with Gasteiger partial charge in [-0.15, -0.1) is 0 Å². The molecule has 0 radical (unpaired) electrons. The molecule has 0 aliphatic rings. The summed E-state index contributed by atoms with van der Waals surface area (Å²) >= 11 is 3.55. The van der Waals surface area contributed by atoms with Crippen LogP contribution >= 0.6 is 12.9 Å². The van der Waals surface area contributed by atoms with Gasteiger partial charge in [0.25, 0.3) is 0 Å². The summed E-state index contributed by atoms with van der Waals surface area (Å²) in [4.78, 5) is 35.2. The molecule has 0 spiro atoms. The number of carbonyl (C=O) groups is 3. The third-order valence-electron chi connectivity index (χ3n) is 3.73. The summed E-state index contributed by atoms with van der Waals surface area (Å²) in [5.41, 5.74) is -1.86. The zero-order chi connectivity index (χ0) is 22.3. The van der Waals surface area contributed by atoms with Crippen molar-refractivity contribution < 1.29 is 18.6 Å². The average Bonchev–Trinajstić information content (AvgIpc) is 2.61. The Morgan fingerprint density at radius 3 is 1.81 bits per heavy atom. The number of likely N-dealkylation sites (N-methyl/N-ethyl adjacent to an activating group) is 1. The predicted molar refractivity (Wildman–Crippen MR) is 115 cm³/mol. The fraction of sp³-hybridized carbons (Fsp3) is 0.842. The molecular weight excluding hydrogens is 366 g/mol. The number of amides is 2. The number of thiol groups is 1. The maximum absolute atomic E-state index is 12.0. The van der Waals surface area contributed by atoms with Gasteiger partial charge in [-0.2, -0.15) is 0 Å². The smallest absolute Gasteiger partial charge is 0.245 e. The Kier molecular flexibility index (Phi) is 18.0. The number of hydrogen-bond acceptors (Lipinski definition) is 6. The summed E-state index contributed by atoms with van der Waals surface area (Å²) < 4.78 is 4.48. The molecule has 0 saturated heterocycles. The lowest BCUT2D eigenvalue weighted by Crippen LogP contribution is -2.62. The highest BCUT2D eigenvalue weighted by Crippen LogP contribution is 2.08. The fourth-order valence-electron chi connectivity index (χ4n) is 1.30. The maximum Gasteiger partial charge on any atom is 0.245 e. The Morgan fingerprint density at radius 1 is 1.04 bits per heavy atom. The molecule has 0 aromatic carbocycles. The number of unbranched alkanes of at least 4 members (excludes halogenated alkanes) is 1. The van der Waals surface area contributed by atoms with Gasteiger partial charge in [-0.3, -0.25) is 14.4 Å². The normalized spacial score (nSPS) is 11.8. The molecule has 0 rings (SSSR count). The molecule has 0 unspecified atom stereocenters. The zero-order valence-corrected chi connectivity index (χ0v) is 19.7. The first kappa shape index (κ1) is 30.6. The quantitative estimate of drug-likeness (QED) is 0.268. The van der Waals surface area contributed by atoms with Crippen LogP contribution in [0.25, 0.3) is 0 Å². The predicted octanol–water partition coefficient (Wildman–Crippen LogP) is 2.65. The SMILES string of the molecule is CC.CCCCOS.CNC(C)(C)C(=O)NC(C)(C)C(=O)N[C@@H](C)C(C)=O. The maximum atomic E-state index is 12.0. The molecule has 162 valence electrons. The number of rotatable bonds is 9. The Morgan fingerprint density at radius 2 is 1.52 bits per heavy atom. The third kappa shape index (κ3) is 14.6. The van der Waals surface area contributed by atoms with Gasteiger partial charge in [0.2, 0.25) is 11.8 Å². The van der Waals surface area contributed by atoms with Crippen LogP contribution in [0.4, 0.5) is 0 Å². The Hall–Kier alpha value is -1.12. The standard InChI is InChI=1S/C13H25N3O3.C4H10OS.C2H6/c1-8(9(2)17)15-10(18)13(5,6)16-11(19)12(3,4)14-7;1-2-3-4-5-6;1-2/h8,14H,1-7H3,(H,15,18)(H,16,19);6H,2-4H2,1H3;1-2H3/t8-;;/m0../s1. The van der Waals surface area contributed by atoms with Crippen LogP contribution in [0.3, 0.4) is 0 Å². The van der Waals surface area contributed by atoms with Crippen molar-refractivity contribution in [1.29, 1.82) is 0 Å². The first-order valence-corrected chi connectivity index (χ1v) is 9.81. The van der Waals surface area contributed by atoms with Crippen LogP contribution in [0.1, 0.15) is 75.2 Å². The van der Waals surface area contributed by atoms with Crippen LogP contribution in [0.15, 0.2) is 0 Å². The Labute approximate surface area is 171 Å². The van der Waals surface area contributed by atoms with Crippen molar-refractivity contribution in [2.24, 2.45) is 0 Å². The van der Waals surface area contributed by atoms with Crippen LogP contribution in [-0.4, -0.2) is 48.4 Å². The third-order valence-corrected chi connectivity index (χ3v) is 3.92. The second-order valence-corrected chi connectivity index (χ2v) is 7.20. The number of Topliss-reactive ketones (excluding diaryl/α,β-unsaturated/α-hetero) is 1. The number of ketones is 1. The molecular formula is C19H41N3O4S. The van der Waals surface area contributed by atoms with Gasteiger partial charge in [0.1, 0.15) is 5.54 Å². The first-order chi connectivity index (χ1) is 12.4. The van der Waals surface area contributed by atoms with E-state index in [0.717, 1.165) is 13.0 Å². The Balaban J connectivity index is -0.000000607. The van der Waals surface area contributed by atoms with E-state index in [1.807, 2.05) is 13.8 Å². The highest BCUT2D eigenvalue weighted by atomic mass is 32.1. The van der Waals surface area contributed by atoms with E-state index >= 15 is 0 Å². The highest BCUT2D eigenvalue weighted by molar-refractivity contribution is 7.75. The summed E-state index contributed by atoms with van der Waals surface area (Å²) in [6.45, 7) is 16.5. The first-order valence-electron chi connectivity index (χ1n) is 9.45. The van der Waals surface area contributed by atoms with E-state index in [1.54, 1.807) is 41.7 Å². The average molecular weight is 408 g/mol. The van der Waals surface area contributed by atoms with Gasteiger partial charge < -0.3 is 20.1 Å². The van der Waals surface area contributed by atoms with Crippen molar-refractivity contribution in [1.82, 2.24) is 16.0 Å². The van der Waals surface area contributed by atoms with Gasteiger partial charge >= 0.3 is 0 Å². The second-order valence-electron chi connectivity index (χ2n) is 6.95. The van der Waals surface area contributed by atoms with Gasteiger partial charge in [-0.25, -0.2) is 0 Å². The van der Waals surface area contributed by atoms with E-state index in [2.05, 4.69) is 40.0 Å². The van der Waals surface area contributed by atoms with Crippen LogP contribution < -0.4 is 16.0 Å². The van der Waals surface area contributed by atoms with Crippen molar-refractivity contribution in [3.05, 3.63) is 0 Å². The molecule has 0 saturated carbocycles. The van der Waals surface area contributed by atoms with E-state index < -0.39 is 23.0 Å². The minimum Gasteiger partial charge on any atom is -0.345 e. The molecule has 0 heterocycles. The number of nitrogens with one attached hydrogen (secondary N) is 3. The molecule has 0 aromatic heterocycles.